The van der Waals surface area contributed by atoms with E-state index in [9.17, 15) is 0 Å². The van der Waals surface area contributed by atoms with Crippen LogP contribution in [0.25, 0.3) is 61.3 Å². The Balaban J connectivity index is 0.000000151. The number of hydrogen-bond acceptors (Lipinski definition) is 2. The topological polar surface area (TPSA) is 30.7 Å². The summed E-state index contributed by atoms with van der Waals surface area (Å²) in [6.07, 6.45) is 9.61. The van der Waals surface area contributed by atoms with Crippen molar-refractivity contribution < 1.29 is 0 Å². The minimum Gasteiger partial charge on any atom is -0.309 e. The summed E-state index contributed by atoms with van der Waals surface area (Å²) in [7, 11) is 0. The molecule has 0 spiro atoms. The second-order valence-corrected chi connectivity index (χ2v) is 14.2. The molecule has 53 heavy (non-hydrogen) atoms. The molecule has 0 N–H and O–H groups in total. The summed E-state index contributed by atoms with van der Waals surface area (Å²) in [4.78, 5) is 9.90. The molecule has 6 aromatic carbocycles. The lowest BCUT2D eigenvalue weighted by molar-refractivity contribution is 0.578. The molecule has 9 rings (SSSR count). The van der Waals surface area contributed by atoms with Crippen LogP contribution in [-0.4, -0.2) is 14.5 Å². The molecule has 1 atom stereocenters. The van der Waals surface area contributed by atoms with E-state index in [0.29, 0.717) is 0 Å². The molecule has 0 saturated heterocycles. The molecule has 1 aliphatic rings. The van der Waals surface area contributed by atoms with Gasteiger partial charge in [0.05, 0.1) is 22.4 Å². The number of hydrogen-bond donors (Lipinski definition) is 0. The van der Waals surface area contributed by atoms with Gasteiger partial charge >= 0.3 is 0 Å². The van der Waals surface area contributed by atoms with Gasteiger partial charge in [0, 0.05) is 33.0 Å². The van der Waals surface area contributed by atoms with Gasteiger partial charge in [0.2, 0.25) is 0 Å². The van der Waals surface area contributed by atoms with E-state index in [0.717, 1.165) is 34.8 Å². The number of nitrogens with zero attached hydrogens (tertiary/aromatic N) is 3. The summed E-state index contributed by atoms with van der Waals surface area (Å²) >= 11 is 0. The minimum absolute atomic E-state index is 0.112. The maximum absolute atomic E-state index is 4.99. The molecule has 3 heteroatoms. The van der Waals surface area contributed by atoms with E-state index in [1.54, 1.807) is 0 Å². The van der Waals surface area contributed by atoms with Crippen LogP contribution < -0.4 is 0 Å². The third kappa shape index (κ3) is 6.51. The number of para-hydroxylation sites is 2. The zero-order chi connectivity index (χ0) is 36.4. The van der Waals surface area contributed by atoms with Gasteiger partial charge in [0.1, 0.15) is 0 Å². The average Bonchev–Trinajstić information content (AvgIpc) is 3.55. The molecule has 2 aromatic heterocycles. The first kappa shape index (κ1) is 33.8. The molecular weight excluding hydrogens is 643 g/mol. The maximum Gasteiger partial charge on any atom is 0.160 e. The van der Waals surface area contributed by atoms with Crippen LogP contribution in [0.15, 0.2) is 176 Å². The van der Waals surface area contributed by atoms with Crippen molar-refractivity contribution in [3.8, 4) is 39.5 Å². The van der Waals surface area contributed by atoms with Gasteiger partial charge < -0.3 is 4.57 Å². The smallest absolute Gasteiger partial charge is 0.160 e. The quantitative estimate of drug-likeness (QED) is 0.181. The van der Waals surface area contributed by atoms with E-state index in [-0.39, 0.29) is 5.41 Å². The Kier molecular flexibility index (Phi) is 9.16. The van der Waals surface area contributed by atoms with Gasteiger partial charge in [-0.15, -0.1) is 0 Å². The number of fused-ring (bicyclic) bond motifs is 3. The molecule has 1 aliphatic carbocycles. The average molecular weight is 686 g/mol. The molecular formula is C50H43N3. The molecule has 2 heterocycles. The van der Waals surface area contributed by atoms with Crippen molar-refractivity contribution in [3.63, 3.8) is 0 Å². The Hall–Kier alpha value is -6.32. The third-order valence-corrected chi connectivity index (χ3v) is 10.6. The van der Waals surface area contributed by atoms with Crippen LogP contribution in [0.5, 0.6) is 0 Å². The first-order valence-corrected chi connectivity index (χ1v) is 18.4. The lowest BCUT2D eigenvalue weighted by atomic mass is 9.80. The van der Waals surface area contributed by atoms with Gasteiger partial charge in [0.15, 0.2) is 5.82 Å². The molecule has 1 unspecified atom stereocenters. The number of benzene rings is 6. The van der Waals surface area contributed by atoms with E-state index >= 15 is 0 Å². The van der Waals surface area contributed by atoms with Gasteiger partial charge in [-0.3, -0.25) is 0 Å². The highest BCUT2D eigenvalue weighted by Crippen LogP contribution is 2.39. The number of allylic oxidation sites excluding steroid dienone is 4. The van der Waals surface area contributed by atoms with Crippen LogP contribution in [0.2, 0.25) is 0 Å². The molecule has 0 bridgehead atoms. The summed E-state index contributed by atoms with van der Waals surface area (Å²) in [5, 5.41) is 2.61. The maximum atomic E-state index is 4.99. The largest absolute Gasteiger partial charge is 0.309 e. The standard InChI is InChI=1S/C26H21N.C24H22N2/c1-18-10-6-7-13-21(18)22-16-17-24-23-14-8-9-15-25(23)27(26(24)19(22)2)20-11-4-3-5-12-20;1-18-11-7-8-14-20(18)23-25-21(19-12-5-3-6-13-19)17-22(26-23)24(2)15-9-4-10-16-24/h3-17H,1-2H3;3-15,17H,16H2,1-2H3. The van der Waals surface area contributed by atoms with Crippen LogP contribution in [0, 0.1) is 20.8 Å². The second kappa shape index (κ2) is 14.4. The van der Waals surface area contributed by atoms with E-state index in [1.807, 2.05) is 12.1 Å². The van der Waals surface area contributed by atoms with Gasteiger partial charge in [0.25, 0.3) is 0 Å². The van der Waals surface area contributed by atoms with Crippen LogP contribution in [0.3, 0.4) is 0 Å². The van der Waals surface area contributed by atoms with Crippen molar-refractivity contribution in [3.05, 3.63) is 198 Å². The number of aromatic nitrogens is 3. The lowest BCUT2D eigenvalue weighted by Crippen LogP contribution is -2.22. The molecule has 0 saturated carbocycles. The van der Waals surface area contributed by atoms with E-state index in [2.05, 4.69) is 196 Å². The molecule has 8 aromatic rings. The third-order valence-electron chi connectivity index (χ3n) is 10.6. The van der Waals surface area contributed by atoms with Crippen molar-refractivity contribution in [2.75, 3.05) is 0 Å². The normalized spacial score (nSPS) is 15.0. The van der Waals surface area contributed by atoms with Crippen molar-refractivity contribution in [2.45, 2.75) is 39.5 Å². The molecule has 258 valence electrons. The van der Waals surface area contributed by atoms with E-state index in [1.165, 1.54) is 55.3 Å². The molecule has 0 aliphatic heterocycles. The summed E-state index contributed by atoms with van der Waals surface area (Å²) in [6, 6.07) is 53.3. The zero-order valence-corrected chi connectivity index (χ0v) is 30.8. The monoisotopic (exact) mass is 685 g/mol. The molecule has 0 fully saturated rings. The highest BCUT2D eigenvalue weighted by molar-refractivity contribution is 6.11. The van der Waals surface area contributed by atoms with Gasteiger partial charge in [-0.25, -0.2) is 9.97 Å². The first-order chi connectivity index (χ1) is 25.9. The summed E-state index contributed by atoms with van der Waals surface area (Å²) < 4.78 is 2.40. The minimum atomic E-state index is -0.112. The summed E-state index contributed by atoms with van der Waals surface area (Å²) in [5.74, 6) is 0.795. The SMILES string of the molecule is Cc1ccccc1-c1ccc2c3ccccc3n(-c3ccccc3)c2c1C.Cc1ccccc1-c1nc(-c2ccccc2)cc(C2(C)C=CC=CC2)n1. The Labute approximate surface area is 312 Å². The number of rotatable bonds is 5. The second-order valence-electron chi connectivity index (χ2n) is 14.2. The van der Waals surface area contributed by atoms with Crippen molar-refractivity contribution >= 4 is 21.8 Å². The predicted molar refractivity (Wildman–Crippen MR) is 224 cm³/mol. The fraction of sp³-hybridized carbons (Fsp3) is 0.120. The molecule has 3 nitrogen and oxygen atoms in total. The van der Waals surface area contributed by atoms with Gasteiger partial charge in [-0.05, 0) is 79.3 Å². The van der Waals surface area contributed by atoms with Crippen molar-refractivity contribution in [1.29, 1.82) is 0 Å². The zero-order valence-electron chi connectivity index (χ0n) is 30.8. The van der Waals surface area contributed by atoms with Crippen LogP contribution in [0.4, 0.5) is 0 Å². The number of aryl methyl sites for hydroxylation is 3. The van der Waals surface area contributed by atoms with Gasteiger partial charge in [-0.1, -0.05) is 159 Å². The molecule has 0 radical (unpaired) electrons. The van der Waals surface area contributed by atoms with E-state index < -0.39 is 0 Å². The van der Waals surface area contributed by atoms with Crippen LogP contribution >= 0.6 is 0 Å². The van der Waals surface area contributed by atoms with E-state index in [4.69, 9.17) is 9.97 Å². The summed E-state index contributed by atoms with van der Waals surface area (Å²) in [6.45, 7) is 8.79. The van der Waals surface area contributed by atoms with Crippen molar-refractivity contribution in [1.82, 2.24) is 14.5 Å². The molecule has 0 amide bonds. The predicted octanol–water partition coefficient (Wildman–Crippen LogP) is 13.0. The highest BCUT2D eigenvalue weighted by Gasteiger charge is 2.27. The van der Waals surface area contributed by atoms with Crippen molar-refractivity contribution in [2.24, 2.45) is 0 Å². The van der Waals surface area contributed by atoms with Crippen LogP contribution in [0.1, 0.15) is 35.7 Å². The first-order valence-electron chi connectivity index (χ1n) is 18.4. The highest BCUT2D eigenvalue weighted by atomic mass is 15.0. The lowest BCUT2D eigenvalue weighted by Gasteiger charge is -2.27. The fourth-order valence-electron chi connectivity index (χ4n) is 7.59. The Bertz CT molecular complexity index is 2630. The van der Waals surface area contributed by atoms with Crippen LogP contribution in [-0.2, 0) is 5.41 Å². The Morgan fingerprint density at radius 1 is 0.566 bits per heavy atom. The summed E-state index contributed by atoms with van der Waals surface area (Å²) in [5.41, 5.74) is 14.3. The Morgan fingerprint density at radius 2 is 1.21 bits per heavy atom. The Morgan fingerprint density at radius 3 is 1.91 bits per heavy atom. The van der Waals surface area contributed by atoms with Gasteiger partial charge in [-0.2, -0.15) is 0 Å². The fourth-order valence-corrected chi connectivity index (χ4v) is 7.59.